The number of sulfone groups is 1. The van der Waals surface area contributed by atoms with Crippen LogP contribution in [0.25, 0.3) is 10.9 Å². The van der Waals surface area contributed by atoms with E-state index >= 15 is 0 Å². The normalized spacial score (nSPS) is 12.1. The Morgan fingerprint density at radius 1 is 1.26 bits per heavy atom. The van der Waals surface area contributed by atoms with Crippen molar-refractivity contribution in [1.82, 2.24) is 9.88 Å². The zero-order valence-corrected chi connectivity index (χ0v) is 11.6. The van der Waals surface area contributed by atoms with E-state index in [1.807, 2.05) is 16.8 Å². The van der Waals surface area contributed by atoms with Gasteiger partial charge >= 0.3 is 0 Å². The quantitative estimate of drug-likeness (QED) is 0.816. The number of benzene rings is 1. The van der Waals surface area contributed by atoms with E-state index in [0.717, 1.165) is 10.9 Å². The van der Waals surface area contributed by atoms with Crippen molar-refractivity contribution in [2.24, 2.45) is 0 Å². The minimum atomic E-state index is -2.92. The first-order chi connectivity index (χ1) is 8.96. The van der Waals surface area contributed by atoms with Crippen molar-refractivity contribution in [1.29, 1.82) is 0 Å². The Labute approximate surface area is 112 Å². The molecule has 0 aliphatic rings. The lowest BCUT2D eigenvalue weighted by molar-refractivity contribution is 0.589. The molecule has 1 aromatic carbocycles. The van der Waals surface area contributed by atoms with E-state index < -0.39 is 9.84 Å². The van der Waals surface area contributed by atoms with Crippen LogP contribution in [0.4, 0.5) is 4.39 Å². The highest BCUT2D eigenvalue weighted by atomic mass is 32.2. The van der Waals surface area contributed by atoms with Crippen LogP contribution in [0.2, 0.25) is 0 Å². The fourth-order valence-electron chi connectivity index (χ4n) is 1.93. The first-order valence-corrected chi connectivity index (χ1v) is 8.14. The molecular formula is C13H17FN2O2S. The topological polar surface area (TPSA) is 51.1 Å². The molecule has 0 aliphatic carbocycles. The number of aromatic nitrogens is 1. The molecule has 6 heteroatoms. The minimum Gasteiger partial charge on any atom is -0.346 e. The van der Waals surface area contributed by atoms with Gasteiger partial charge in [0.05, 0.1) is 11.3 Å². The first-order valence-electron chi connectivity index (χ1n) is 6.08. The van der Waals surface area contributed by atoms with Gasteiger partial charge in [0, 0.05) is 32.1 Å². The van der Waals surface area contributed by atoms with Crippen molar-refractivity contribution in [3.8, 4) is 0 Å². The molecule has 0 amide bonds. The van der Waals surface area contributed by atoms with Crippen LogP contribution in [0.3, 0.4) is 0 Å². The Hall–Kier alpha value is -1.40. The number of nitrogens with one attached hydrogen (secondary N) is 1. The van der Waals surface area contributed by atoms with Gasteiger partial charge in [0.1, 0.15) is 15.7 Å². The number of hydrogen-bond donors (Lipinski definition) is 1. The molecule has 4 nitrogen and oxygen atoms in total. The lowest BCUT2D eigenvalue weighted by Crippen LogP contribution is -2.25. The van der Waals surface area contributed by atoms with Gasteiger partial charge in [0.15, 0.2) is 0 Å². The Morgan fingerprint density at radius 2 is 2.05 bits per heavy atom. The second-order valence-corrected chi connectivity index (χ2v) is 6.85. The fourth-order valence-corrected chi connectivity index (χ4v) is 2.45. The van der Waals surface area contributed by atoms with Gasteiger partial charge in [-0.15, -0.1) is 0 Å². The molecule has 2 rings (SSSR count). The highest BCUT2D eigenvalue weighted by Gasteiger charge is 2.03. The molecule has 0 aliphatic heterocycles. The third kappa shape index (κ3) is 4.04. The highest BCUT2D eigenvalue weighted by molar-refractivity contribution is 7.90. The summed E-state index contributed by atoms with van der Waals surface area (Å²) in [5, 5.41) is 4.06. The van der Waals surface area contributed by atoms with Crippen molar-refractivity contribution in [2.45, 2.75) is 6.54 Å². The molecule has 0 saturated carbocycles. The van der Waals surface area contributed by atoms with Crippen LogP contribution in [-0.4, -0.2) is 38.1 Å². The molecule has 1 N–H and O–H groups in total. The smallest absolute Gasteiger partial charge is 0.148 e. The van der Waals surface area contributed by atoms with E-state index in [1.165, 1.54) is 18.4 Å². The van der Waals surface area contributed by atoms with Crippen LogP contribution in [0.15, 0.2) is 30.5 Å². The van der Waals surface area contributed by atoms with Gasteiger partial charge in [0.25, 0.3) is 0 Å². The Bertz CT molecular complexity index is 664. The van der Waals surface area contributed by atoms with E-state index in [0.29, 0.717) is 19.6 Å². The van der Waals surface area contributed by atoms with E-state index in [4.69, 9.17) is 0 Å². The van der Waals surface area contributed by atoms with Crippen LogP contribution < -0.4 is 5.32 Å². The number of hydrogen-bond acceptors (Lipinski definition) is 3. The summed E-state index contributed by atoms with van der Waals surface area (Å²) in [7, 11) is -2.92. The van der Waals surface area contributed by atoms with Gasteiger partial charge in [-0.25, -0.2) is 12.8 Å². The molecule has 0 atom stereocenters. The van der Waals surface area contributed by atoms with E-state index in [2.05, 4.69) is 5.32 Å². The maximum atomic E-state index is 13.2. The summed E-state index contributed by atoms with van der Waals surface area (Å²) >= 11 is 0. The maximum absolute atomic E-state index is 13.2. The van der Waals surface area contributed by atoms with E-state index in [-0.39, 0.29) is 11.6 Å². The molecule has 0 bridgehead atoms. The van der Waals surface area contributed by atoms with Crippen molar-refractivity contribution in [2.75, 3.05) is 25.1 Å². The van der Waals surface area contributed by atoms with Crippen LogP contribution in [0.5, 0.6) is 0 Å². The summed E-state index contributed by atoms with van der Waals surface area (Å²) in [6, 6.07) is 6.63. The van der Waals surface area contributed by atoms with Crippen LogP contribution in [0, 0.1) is 5.82 Å². The highest BCUT2D eigenvalue weighted by Crippen LogP contribution is 2.16. The van der Waals surface area contributed by atoms with Gasteiger partial charge in [-0.3, -0.25) is 0 Å². The average molecular weight is 284 g/mol. The summed E-state index contributed by atoms with van der Waals surface area (Å²) in [4.78, 5) is 0. The largest absolute Gasteiger partial charge is 0.346 e. The molecule has 0 spiro atoms. The van der Waals surface area contributed by atoms with Crippen molar-refractivity contribution >= 4 is 20.7 Å². The predicted molar refractivity (Wildman–Crippen MR) is 74.5 cm³/mol. The zero-order chi connectivity index (χ0) is 13.9. The van der Waals surface area contributed by atoms with Crippen molar-refractivity contribution in [3.05, 3.63) is 36.3 Å². The Kier molecular flexibility index (Phi) is 4.21. The molecule has 0 saturated heterocycles. The number of halogens is 1. The third-order valence-corrected chi connectivity index (χ3v) is 3.86. The standard InChI is InChI=1S/C13H17FN2O2S/c1-19(17,18)9-6-15-5-8-16-7-4-11-2-3-12(14)10-13(11)16/h2-4,7,10,15H,5-6,8-9H2,1H3. The summed E-state index contributed by atoms with van der Waals surface area (Å²) in [6.45, 7) is 1.76. The molecule has 1 heterocycles. The average Bonchev–Trinajstić information content (AvgIpc) is 2.70. The predicted octanol–water partition coefficient (Wildman–Crippen LogP) is 1.41. The molecule has 0 radical (unpaired) electrons. The van der Waals surface area contributed by atoms with Crippen molar-refractivity contribution < 1.29 is 12.8 Å². The maximum Gasteiger partial charge on any atom is 0.148 e. The molecular weight excluding hydrogens is 267 g/mol. The van der Waals surface area contributed by atoms with Gasteiger partial charge in [-0.1, -0.05) is 0 Å². The molecule has 2 aromatic rings. The summed E-state index contributed by atoms with van der Waals surface area (Å²) in [6.07, 6.45) is 3.12. The van der Waals surface area contributed by atoms with Gasteiger partial charge in [0.2, 0.25) is 0 Å². The number of fused-ring (bicyclic) bond motifs is 1. The van der Waals surface area contributed by atoms with Crippen LogP contribution >= 0.6 is 0 Å². The molecule has 19 heavy (non-hydrogen) atoms. The Balaban J connectivity index is 1.90. The second-order valence-electron chi connectivity index (χ2n) is 4.59. The molecule has 1 aromatic heterocycles. The zero-order valence-electron chi connectivity index (χ0n) is 10.8. The number of rotatable bonds is 6. The van der Waals surface area contributed by atoms with Gasteiger partial charge < -0.3 is 9.88 Å². The molecule has 0 fully saturated rings. The van der Waals surface area contributed by atoms with Crippen LogP contribution in [-0.2, 0) is 16.4 Å². The SMILES string of the molecule is CS(=O)(=O)CCNCCn1ccc2ccc(F)cc21. The molecule has 104 valence electrons. The monoisotopic (exact) mass is 284 g/mol. The van der Waals surface area contributed by atoms with Crippen LogP contribution in [0.1, 0.15) is 0 Å². The van der Waals surface area contributed by atoms with Crippen molar-refractivity contribution in [3.63, 3.8) is 0 Å². The van der Waals surface area contributed by atoms with Gasteiger partial charge in [-0.05, 0) is 29.7 Å². The molecule has 0 unspecified atom stereocenters. The first kappa shape index (κ1) is 14.0. The lowest BCUT2D eigenvalue weighted by Gasteiger charge is -2.07. The van der Waals surface area contributed by atoms with E-state index in [1.54, 1.807) is 6.07 Å². The summed E-state index contributed by atoms with van der Waals surface area (Å²) < 4.78 is 37.0. The lowest BCUT2D eigenvalue weighted by atomic mass is 10.2. The second kappa shape index (κ2) is 5.71. The minimum absolute atomic E-state index is 0.133. The van der Waals surface area contributed by atoms with Gasteiger partial charge in [-0.2, -0.15) is 0 Å². The van der Waals surface area contributed by atoms with E-state index in [9.17, 15) is 12.8 Å². The number of nitrogens with zero attached hydrogens (tertiary/aromatic N) is 1. The summed E-state index contributed by atoms with van der Waals surface area (Å²) in [5.74, 6) is -0.119. The summed E-state index contributed by atoms with van der Waals surface area (Å²) in [5.41, 5.74) is 0.852. The fraction of sp³-hybridized carbons (Fsp3) is 0.385. The Morgan fingerprint density at radius 3 is 2.79 bits per heavy atom. The third-order valence-electron chi connectivity index (χ3n) is 2.92.